The van der Waals surface area contributed by atoms with Crippen molar-refractivity contribution >= 4 is 23.1 Å². The van der Waals surface area contributed by atoms with Crippen molar-refractivity contribution in [3.8, 4) is 23.0 Å². The topological polar surface area (TPSA) is 89.1 Å². The Balaban J connectivity index is 1.83. The van der Waals surface area contributed by atoms with Gasteiger partial charge in [-0.3, -0.25) is 4.68 Å². The van der Waals surface area contributed by atoms with Crippen molar-refractivity contribution in [3.05, 3.63) is 81.9 Å². The van der Waals surface area contributed by atoms with E-state index in [-0.39, 0.29) is 23.0 Å². The molecule has 0 saturated carbocycles. The molecule has 1 unspecified atom stereocenters. The zero-order valence-corrected chi connectivity index (χ0v) is 18.0. The fourth-order valence-electron chi connectivity index (χ4n) is 4.48. The Morgan fingerprint density at radius 2 is 1.62 bits per heavy atom. The molecule has 5 rings (SSSR count). The lowest BCUT2D eigenvalue weighted by Gasteiger charge is -2.35. The fourth-order valence-corrected chi connectivity index (χ4v) is 4.48. The highest BCUT2D eigenvalue weighted by molar-refractivity contribution is 5.86. The van der Waals surface area contributed by atoms with Crippen molar-refractivity contribution < 1.29 is 20.4 Å². The summed E-state index contributed by atoms with van der Waals surface area (Å²) in [5, 5.41) is 45.0. The van der Waals surface area contributed by atoms with Crippen LogP contribution in [0.1, 0.15) is 23.6 Å². The lowest BCUT2D eigenvalue weighted by molar-refractivity contribution is 0.401. The van der Waals surface area contributed by atoms with E-state index in [2.05, 4.69) is 15.8 Å². The predicted octanol–water partition coefficient (Wildman–Crippen LogP) is 2.88. The van der Waals surface area contributed by atoms with Crippen LogP contribution in [0.15, 0.2) is 54.6 Å². The summed E-state index contributed by atoms with van der Waals surface area (Å²) in [7, 11) is 1.96. The van der Waals surface area contributed by atoms with E-state index in [1.165, 1.54) is 6.07 Å². The Labute approximate surface area is 184 Å². The molecule has 32 heavy (non-hydrogen) atoms. The molecule has 1 atom stereocenters. The summed E-state index contributed by atoms with van der Waals surface area (Å²) in [6, 6.07) is 15.7. The average Bonchev–Trinajstić information content (AvgIpc) is 3.18. The third-order valence-electron chi connectivity index (χ3n) is 6.50. The van der Waals surface area contributed by atoms with Crippen LogP contribution in [0.4, 0.5) is 0 Å². The second kappa shape index (κ2) is 6.72. The number of nitrogens with zero attached hydrogens (tertiary/aromatic N) is 2. The van der Waals surface area contributed by atoms with E-state index in [0.717, 1.165) is 38.2 Å². The number of aryl methyl sites for hydroxylation is 1. The van der Waals surface area contributed by atoms with Crippen LogP contribution < -0.4 is 15.6 Å². The first kappa shape index (κ1) is 19.9. The Hall–Kier alpha value is -4.06. The van der Waals surface area contributed by atoms with Crippen LogP contribution in [-0.2, 0) is 5.54 Å². The Bertz CT molecular complexity index is 1520. The number of phenols is 4. The molecule has 4 N–H and O–H groups in total. The maximum atomic E-state index is 10.2. The minimum Gasteiger partial charge on any atom is -0.508 e. The standard InChI is InChI=1S/C26H24N2O4/c1-15-4-5-16(11-24(15)31)10-19-20-13-18(29)7-8-21(20)28-22(19)14-26(2,27(28)3)17-6-9-23(30)25(32)12-17/h4-14,29-32H,1-3H3/b19-10-. The van der Waals surface area contributed by atoms with Gasteiger partial charge in [0.15, 0.2) is 11.5 Å². The highest BCUT2D eigenvalue weighted by atomic mass is 16.3. The van der Waals surface area contributed by atoms with Gasteiger partial charge in [-0.15, -0.1) is 0 Å². The van der Waals surface area contributed by atoms with Gasteiger partial charge in [0.2, 0.25) is 0 Å². The molecule has 6 nitrogen and oxygen atoms in total. The van der Waals surface area contributed by atoms with E-state index in [1.54, 1.807) is 30.3 Å². The molecular formula is C26H24N2O4. The number of phenolic OH excluding ortho intramolecular Hbond substituents is 4. The summed E-state index contributed by atoms with van der Waals surface area (Å²) < 4.78 is 2.08. The van der Waals surface area contributed by atoms with E-state index < -0.39 is 5.54 Å². The third kappa shape index (κ3) is 2.80. The lowest BCUT2D eigenvalue weighted by atomic mass is 9.91. The van der Waals surface area contributed by atoms with Gasteiger partial charge in [0, 0.05) is 17.7 Å². The Morgan fingerprint density at radius 1 is 0.844 bits per heavy atom. The van der Waals surface area contributed by atoms with Gasteiger partial charge in [-0.1, -0.05) is 18.2 Å². The Kier molecular flexibility index (Phi) is 4.17. The molecule has 1 aliphatic heterocycles. The molecule has 0 saturated heterocycles. The van der Waals surface area contributed by atoms with Gasteiger partial charge in [-0.2, -0.15) is 0 Å². The average molecular weight is 428 g/mol. The highest BCUT2D eigenvalue weighted by Gasteiger charge is 2.36. The summed E-state index contributed by atoms with van der Waals surface area (Å²) in [4.78, 5) is 0. The minimum atomic E-state index is -0.593. The molecule has 0 fully saturated rings. The normalized spacial score (nSPS) is 18.2. The number of rotatable bonds is 2. The smallest absolute Gasteiger partial charge is 0.157 e. The summed E-state index contributed by atoms with van der Waals surface area (Å²) >= 11 is 0. The summed E-state index contributed by atoms with van der Waals surface area (Å²) in [6.45, 7) is 3.89. The van der Waals surface area contributed by atoms with Gasteiger partial charge >= 0.3 is 0 Å². The molecule has 3 aromatic carbocycles. The zero-order valence-electron chi connectivity index (χ0n) is 18.0. The van der Waals surface area contributed by atoms with Crippen molar-refractivity contribution in [1.29, 1.82) is 0 Å². The second-order valence-corrected chi connectivity index (χ2v) is 8.52. The molecule has 0 aliphatic carbocycles. The number of hydrogen-bond donors (Lipinski definition) is 4. The molecule has 0 amide bonds. The molecular weight excluding hydrogens is 404 g/mol. The first-order valence-corrected chi connectivity index (χ1v) is 10.3. The molecule has 0 spiro atoms. The molecule has 0 radical (unpaired) electrons. The van der Waals surface area contributed by atoms with Crippen molar-refractivity contribution in [2.24, 2.45) is 0 Å². The monoisotopic (exact) mass is 428 g/mol. The van der Waals surface area contributed by atoms with Gasteiger partial charge in [-0.05, 0) is 79.1 Å². The van der Waals surface area contributed by atoms with Gasteiger partial charge in [-0.25, -0.2) is 0 Å². The van der Waals surface area contributed by atoms with E-state index >= 15 is 0 Å². The van der Waals surface area contributed by atoms with Gasteiger partial charge in [0.05, 0.1) is 16.4 Å². The van der Waals surface area contributed by atoms with Gasteiger partial charge in [0.1, 0.15) is 11.5 Å². The van der Waals surface area contributed by atoms with Crippen LogP contribution in [0, 0.1) is 6.92 Å². The van der Waals surface area contributed by atoms with Crippen LogP contribution >= 0.6 is 0 Å². The van der Waals surface area contributed by atoms with Crippen LogP contribution in [-0.4, -0.2) is 32.1 Å². The SMILES string of the molecule is Cc1ccc(/C=c2\c3n(c4ccc(O)cc24)N(C)C(C)(c2ccc(O)c(O)c2)C=3)cc1O. The number of aromatic hydroxyl groups is 4. The van der Waals surface area contributed by atoms with E-state index in [0.29, 0.717) is 0 Å². The zero-order chi connectivity index (χ0) is 22.8. The minimum absolute atomic E-state index is 0.160. The molecule has 4 aromatic rings. The Morgan fingerprint density at radius 3 is 2.34 bits per heavy atom. The maximum absolute atomic E-state index is 10.2. The quantitative estimate of drug-likeness (QED) is 0.369. The number of hydrogen-bond acceptors (Lipinski definition) is 5. The number of aromatic nitrogens is 1. The highest BCUT2D eigenvalue weighted by Crippen LogP contribution is 2.36. The summed E-state index contributed by atoms with van der Waals surface area (Å²) in [5.74, 6) is 0.0786. The summed E-state index contributed by atoms with van der Waals surface area (Å²) in [5.41, 5.74) is 2.80. The largest absolute Gasteiger partial charge is 0.508 e. The van der Waals surface area contributed by atoms with Crippen molar-refractivity contribution in [2.75, 3.05) is 12.1 Å². The van der Waals surface area contributed by atoms with Gasteiger partial charge in [0.25, 0.3) is 0 Å². The van der Waals surface area contributed by atoms with Crippen LogP contribution in [0.5, 0.6) is 23.0 Å². The number of benzene rings is 3. The predicted molar refractivity (Wildman–Crippen MR) is 125 cm³/mol. The summed E-state index contributed by atoms with van der Waals surface area (Å²) in [6.07, 6.45) is 4.10. The van der Waals surface area contributed by atoms with Crippen LogP contribution in [0.2, 0.25) is 0 Å². The van der Waals surface area contributed by atoms with E-state index in [1.807, 2.05) is 45.2 Å². The first-order chi connectivity index (χ1) is 15.2. The van der Waals surface area contributed by atoms with Crippen LogP contribution in [0.3, 0.4) is 0 Å². The van der Waals surface area contributed by atoms with E-state index in [4.69, 9.17) is 0 Å². The van der Waals surface area contributed by atoms with Crippen molar-refractivity contribution in [3.63, 3.8) is 0 Å². The second-order valence-electron chi connectivity index (χ2n) is 8.52. The van der Waals surface area contributed by atoms with Crippen molar-refractivity contribution in [2.45, 2.75) is 19.4 Å². The van der Waals surface area contributed by atoms with Crippen molar-refractivity contribution in [1.82, 2.24) is 4.68 Å². The molecule has 162 valence electrons. The van der Waals surface area contributed by atoms with Gasteiger partial charge < -0.3 is 25.4 Å². The maximum Gasteiger partial charge on any atom is 0.157 e. The van der Waals surface area contributed by atoms with E-state index in [9.17, 15) is 20.4 Å². The lowest BCUT2D eigenvalue weighted by Crippen LogP contribution is -2.44. The molecule has 0 bridgehead atoms. The molecule has 1 aliphatic rings. The van der Waals surface area contributed by atoms with Crippen LogP contribution in [0.25, 0.3) is 23.1 Å². The molecule has 2 heterocycles. The molecule has 6 heteroatoms. The number of fused-ring (bicyclic) bond motifs is 3. The first-order valence-electron chi connectivity index (χ1n) is 10.3. The molecule has 1 aromatic heterocycles. The fraction of sp³-hybridized carbons (Fsp3) is 0.154. The third-order valence-corrected chi connectivity index (χ3v) is 6.50.